The van der Waals surface area contributed by atoms with Gasteiger partial charge in [0.15, 0.2) is 0 Å². The van der Waals surface area contributed by atoms with E-state index >= 15 is 0 Å². The van der Waals surface area contributed by atoms with Gasteiger partial charge in [0.25, 0.3) is 5.89 Å². The van der Waals surface area contributed by atoms with E-state index in [2.05, 4.69) is 25.1 Å². The molecule has 0 bridgehead atoms. The van der Waals surface area contributed by atoms with E-state index in [4.69, 9.17) is 4.42 Å². The van der Waals surface area contributed by atoms with Gasteiger partial charge in [0.1, 0.15) is 10.6 Å². The summed E-state index contributed by atoms with van der Waals surface area (Å²) < 4.78 is 32.8. The molecule has 1 aliphatic rings. The monoisotopic (exact) mass is 389 g/mol. The topological polar surface area (TPSA) is 121 Å². The van der Waals surface area contributed by atoms with E-state index in [1.165, 1.54) is 16.6 Å². The maximum atomic E-state index is 12.9. The lowest BCUT2D eigenvalue weighted by atomic mass is 10.4. The summed E-state index contributed by atoms with van der Waals surface area (Å²) >= 11 is 0. The number of H-pyrrole nitrogens is 1. The van der Waals surface area contributed by atoms with Crippen LogP contribution in [-0.4, -0.2) is 64.1 Å². The molecule has 1 saturated heterocycles. The van der Waals surface area contributed by atoms with Gasteiger partial charge in [-0.25, -0.2) is 18.4 Å². The van der Waals surface area contributed by atoms with Crippen LogP contribution in [0.25, 0.3) is 11.6 Å². The number of nitrogens with one attached hydrogen (secondary N) is 1. The standard InChI is InChI=1S/C16H19N7O3S/c1-2-14-20-21-15(26-14)13-10-12(11-19-13)27(24,25)23-8-6-22(7-9-23)16-17-4-3-5-18-16/h3-5,10-11,19H,2,6-9H2,1H3. The fraction of sp³-hybridized carbons (Fsp3) is 0.375. The molecular weight excluding hydrogens is 370 g/mol. The van der Waals surface area contributed by atoms with Gasteiger partial charge in [-0.05, 0) is 12.1 Å². The highest BCUT2D eigenvalue weighted by atomic mass is 32.2. The molecule has 1 N–H and O–H groups in total. The molecule has 1 fully saturated rings. The van der Waals surface area contributed by atoms with Crippen molar-refractivity contribution >= 4 is 16.0 Å². The van der Waals surface area contributed by atoms with Crippen LogP contribution in [0.15, 0.2) is 40.0 Å². The minimum absolute atomic E-state index is 0.179. The van der Waals surface area contributed by atoms with Gasteiger partial charge in [-0.15, -0.1) is 10.2 Å². The average Bonchev–Trinajstić information content (AvgIpc) is 3.38. The van der Waals surface area contributed by atoms with Gasteiger partial charge < -0.3 is 14.3 Å². The lowest BCUT2D eigenvalue weighted by Crippen LogP contribution is -2.49. The van der Waals surface area contributed by atoms with Crippen molar-refractivity contribution in [3.8, 4) is 11.6 Å². The molecule has 4 rings (SSSR count). The van der Waals surface area contributed by atoms with E-state index in [1.54, 1.807) is 18.5 Å². The van der Waals surface area contributed by atoms with Gasteiger partial charge >= 0.3 is 0 Å². The second-order valence-corrected chi connectivity index (χ2v) is 7.98. The van der Waals surface area contributed by atoms with Crippen LogP contribution in [0.3, 0.4) is 0 Å². The summed E-state index contributed by atoms with van der Waals surface area (Å²) in [6.07, 6.45) is 5.42. The van der Waals surface area contributed by atoms with E-state index < -0.39 is 10.0 Å². The number of nitrogens with zero attached hydrogens (tertiary/aromatic N) is 6. The van der Waals surface area contributed by atoms with Crippen molar-refractivity contribution in [2.24, 2.45) is 0 Å². The SMILES string of the molecule is CCc1nnc(-c2cc(S(=O)(=O)N3CCN(c4ncccn4)CC3)c[nH]2)o1. The Labute approximate surface area is 156 Å². The summed E-state index contributed by atoms with van der Waals surface area (Å²) in [5.41, 5.74) is 0.483. The Morgan fingerprint density at radius 2 is 1.89 bits per heavy atom. The Balaban J connectivity index is 1.48. The maximum Gasteiger partial charge on any atom is 0.264 e. The van der Waals surface area contributed by atoms with Gasteiger partial charge in [0.05, 0.1) is 0 Å². The molecule has 0 atom stereocenters. The minimum atomic E-state index is -3.61. The fourth-order valence-electron chi connectivity index (χ4n) is 2.88. The summed E-state index contributed by atoms with van der Waals surface area (Å²) in [4.78, 5) is 13.5. The molecular formula is C16H19N7O3S. The second-order valence-electron chi connectivity index (χ2n) is 6.04. The van der Waals surface area contributed by atoms with E-state index in [-0.39, 0.29) is 10.8 Å². The van der Waals surface area contributed by atoms with Crippen LogP contribution in [0.1, 0.15) is 12.8 Å². The van der Waals surface area contributed by atoms with E-state index in [0.717, 1.165) is 0 Å². The first kappa shape index (κ1) is 17.6. The lowest BCUT2D eigenvalue weighted by molar-refractivity contribution is 0.382. The first-order valence-corrected chi connectivity index (χ1v) is 10.0. The molecule has 0 aliphatic carbocycles. The largest absolute Gasteiger partial charge is 0.419 e. The Morgan fingerprint density at radius 3 is 2.56 bits per heavy atom. The second kappa shape index (κ2) is 7.08. The third kappa shape index (κ3) is 3.43. The van der Waals surface area contributed by atoms with Gasteiger partial charge in [-0.2, -0.15) is 4.31 Å². The van der Waals surface area contributed by atoms with Crippen LogP contribution in [0, 0.1) is 0 Å². The van der Waals surface area contributed by atoms with Crippen LogP contribution < -0.4 is 4.90 Å². The van der Waals surface area contributed by atoms with Gasteiger partial charge in [-0.3, -0.25) is 0 Å². The van der Waals surface area contributed by atoms with Crippen molar-refractivity contribution in [2.75, 3.05) is 31.1 Å². The molecule has 11 heteroatoms. The highest BCUT2D eigenvalue weighted by Crippen LogP contribution is 2.24. The van der Waals surface area contributed by atoms with Crippen molar-refractivity contribution in [3.05, 3.63) is 36.6 Å². The van der Waals surface area contributed by atoms with Crippen LogP contribution in [-0.2, 0) is 16.4 Å². The van der Waals surface area contributed by atoms with Gasteiger partial charge in [0, 0.05) is 51.2 Å². The summed E-state index contributed by atoms with van der Waals surface area (Å²) in [5, 5.41) is 7.83. The molecule has 27 heavy (non-hydrogen) atoms. The lowest BCUT2D eigenvalue weighted by Gasteiger charge is -2.33. The van der Waals surface area contributed by atoms with Crippen molar-refractivity contribution < 1.29 is 12.8 Å². The molecule has 10 nitrogen and oxygen atoms in total. The van der Waals surface area contributed by atoms with Crippen LogP contribution in [0.4, 0.5) is 5.95 Å². The molecule has 0 amide bonds. The van der Waals surface area contributed by atoms with E-state index in [9.17, 15) is 8.42 Å². The fourth-order valence-corrected chi connectivity index (χ4v) is 4.30. The van der Waals surface area contributed by atoms with Crippen molar-refractivity contribution in [1.82, 2.24) is 29.5 Å². The van der Waals surface area contributed by atoms with Gasteiger partial charge in [-0.1, -0.05) is 6.92 Å². The number of piperazine rings is 1. The minimum Gasteiger partial charge on any atom is -0.419 e. The molecule has 0 saturated carbocycles. The Hall–Kier alpha value is -2.79. The van der Waals surface area contributed by atoms with E-state index in [0.29, 0.717) is 50.1 Å². The normalized spacial score (nSPS) is 16.0. The van der Waals surface area contributed by atoms with Crippen molar-refractivity contribution in [1.29, 1.82) is 0 Å². The summed E-state index contributed by atoms with van der Waals surface area (Å²) in [6.45, 7) is 3.69. The molecule has 4 heterocycles. The molecule has 0 unspecified atom stereocenters. The Bertz CT molecular complexity index is 1010. The van der Waals surface area contributed by atoms with Crippen molar-refractivity contribution in [2.45, 2.75) is 18.2 Å². The number of aryl methyl sites for hydroxylation is 1. The number of anilines is 1. The Kier molecular flexibility index (Phi) is 4.62. The third-order valence-corrected chi connectivity index (χ3v) is 6.24. The summed E-state index contributed by atoms with van der Waals surface area (Å²) in [7, 11) is -3.61. The zero-order valence-corrected chi connectivity index (χ0v) is 15.6. The predicted octanol–water partition coefficient (Wildman–Crippen LogP) is 0.928. The van der Waals surface area contributed by atoms with E-state index in [1.807, 2.05) is 11.8 Å². The van der Waals surface area contributed by atoms with Gasteiger partial charge in [0.2, 0.25) is 21.9 Å². The molecule has 3 aromatic heterocycles. The van der Waals surface area contributed by atoms with Crippen molar-refractivity contribution in [3.63, 3.8) is 0 Å². The smallest absolute Gasteiger partial charge is 0.264 e. The molecule has 0 spiro atoms. The number of sulfonamides is 1. The summed E-state index contributed by atoms with van der Waals surface area (Å²) in [6, 6.07) is 3.27. The number of rotatable bonds is 5. The highest BCUT2D eigenvalue weighted by Gasteiger charge is 2.30. The Morgan fingerprint density at radius 1 is 1.15 bits per heavy atom. The molecule has 0 radical (unpaired) electrons. The number of aromatic nitrogens is 5. The number of hydrogen-bond acceptors (Lipinski definition) is 8. The summed E-state index contributed by atoms with van der Waals surface area (Å²) in [5.74, 6) is 1.39. The first-order chi connectivity index (χ1) is 13.1. The maximum absolute atomic E-state index is 12.9. The molecule has 1 aliphatic heterocycles. The van der Waals surface area contributed by atoms with Crippen LogP contribution in [0.2, 0.25) is 0 Å². The zero-order chi connectivity index (χ0) is 18.9. The average molecular weight is 389 g/mol. The quantitative estimate of drug-likeness (QED) is 0.684. The molecule has 0 aromatic carbocycles. The highest BCUT2D eigenvalue weighted by molar-refractivity contribution is 7.89. The predicted molar refractivity (Wildman–Crippen MR) is 96.5 cm³/mol. The number of hydrogen-bond donors (Lipinski definition) is 1. The first-order valence-electron chi connectivity index (χ1n) is 8.61. The number of aromatic amines is 1. The third-order valence-electron chi connectivity index (χ3n) is 4.37. The molecule has 3 aromatic rings. The molecule has 142 valence electrons. The van der Waals surface area contributed by atoms with Crippen LogP contribution >= 0.6 is 0 Å². The zero-order valence-electron chi connectivity index (χ0n) is 14.7. The van der Waals surface area contributed by atoms with Crippen LogP contribution in [0.5, 0.6) is 0 Å².